The summed E-state index contributed by atoms with van der Waals surface area (Å²) < 4.78 is 0. The highest BCUT2D eigenvalue weighted by Gasteiger charge is 2.26. The molecule has 1 aliphatic heterocycles. The van der Waals surface area contributed by atoms with Crippen molar-refractivity contribution in [2.45, 2.75) is 39.0 Å². The summed E-state index contributed by atoms with van der Waals surface area (Å²) in [6.45, 7) is 3.81. The van der Waals surface area contributed by atoms with Crippen LogP contribution in [0.1, 0.15) is 38.2 Å². The van der Waals surface area contributed by atoms with Gasteiger partial charge in [0.05, 0.1) is 0 Å². The van der Waals surface area contributed by atoms with Crippen LogP contribution in [-0.4, -0.2) is 29.0 Å². The van der Waals surface area contributed by atoms with Crippen molar-refractivity contribution in [2.24, 2.45) is 5.92 Å². The van der Waals surface area contributed by atoms with Gasteiger partial charge in [-0.05, 0) is 67.7 Å². The molecule has 0 radical (unpaired) electrons. The second-order valence-corrected chi connectivity index (χ2v) is 7.73. The molecule has 1 heterocycles. The fourth-order valence-electron chi connectivity index (χ4n) is 3.45. The van der Waals surface area contributed by atoms with Gasteiger partial charge in [-0.1, -0.05) is 43.7 Å². The highest BCUT2D eigenvalue weighted by molar-refractivity contribution is 7.80. The quantitative estimate of drug-likeness (QED) is 0.670. The van der Waals surface area contributed by atoms with Crippen LogP contribution in [0.25, 0.3) is 0 Å². The third kappa shape index (κ3) is 5.80. The number of piperidine rings is 1. The topological polar surface area (TPSA) is 44.4 Å². The molecule has 2 aromatic carbocycles. The minimum atomic E-state index is 0.0390. The number of rotatable bonds is 6. The maximum absolute atomic E-state index is 12.5. The number of amides is 1. The van der Waals surface area contributed by atoms with Crippen molar-refractivity contribution in [1.82, 2.24) is 4.90 Å². The molecule has 1 fully saturated rings. The summed E-state index contributed by atoms with van der Waals surface area (Å²) >= 11 is 5.58. The Morgan fingerprint density at radius 3 is 2.29 bits per heavy atom. The number of nitrogens with zero attached hydrogens (tertiary/aromatic N) is 1. The molecule has 2 N–H and O–H groups in total. The largest absolute Gasteiger partial charge is 0.349 e. The maximum Gasteiger partial charge on any atom is 0.227 e. The van der Waals surface area contributed by atoms with E-state index in [1.807, 2.05) is 30.3 Å². The van der Waals surface area contributed by atoms with Gasteiger partial charge in [0, 0.05) is 30.4 Å². The standard InChI is InChI=1S/C23H29N3OS/c1-2-3-7-18-10-12-21(13-11-18)25-23(28)26-16-14-19(15-17-26)22(27)24-20-8-5-4-6-9-20/h4-6,8-13,19H,2-3,7,14-17H2,1H3,(H,24,27)(H,25,28). The van der Waals surface area contributed by atoms with E-state index in [9.17, 15) is 4.79 Å². The normalized spacial score (nSPS) is 14.5. The average molecular weight is 396 g/mol. The molecule has 148 valence electrons. The molecule has 0 aliphatic carbocycles. The minimum absolute atomic E-state index is 0.0390. The van der Waals surface area contributed by atoms with E-state index in [-0.39, 0.29) is 11.8 Å². The molecular weight excluding hydrogens is 366 g/mol. The Kier molecular flexibility index (Phi) is 7.43. The predicted octanol–water partition coefficient (Wildman–Crippen LogP) is 5.08. The lowest BCUT2D eigenvalue weighted by Crippen LogP contribution is -2.43. The molecule has 1 saturated heterocycles. The Bertz CT molecular complexity index is 768. The number of unbranched alkanes of at least 4 members (excludes halogenated alkanes) is 1. The number of thiocarbonyl (C=S) groups is 1. The Hall–Kier alpha value is -2.40. The van der Waals surface area contributed by atoms with E-state index in [0.717, 1.165) is 48.8 Å². The van der Waals surface area contributed by atoms with Crippen molar-refractivity contribution in [3.63, 3.8) is 0 Å². The molecule has 0 bridgehead atoms. The van der Waals surface area contributed by atoms with Gasteiger partial charge in [0.25, 0.3) is 0 Å². The molecule has 28 heavy (non-hydrogen) atoms. The fourth-order valence-corrected chi connectivity index (χ4v) is 3.75. The predicted molar refractivity (Wildman–Crippen MR) is 121 cm³/mol. The Morgan fingerprint density at radius 1 is 1.00 bits per heavy atom. The molecule has 3 rings (SSSR count). The monoisotopic (exact) mass is 395 g/mol. The van der Waals surface area contributed by atoms with Gasteiger partial charge in [-0.2, -0.15) is 0 Å². The van der Waals surface area contributed by atoms with Gasteiger partial charge in [0.15, 0.2) is 5.11 Å². The van der Waals surface area contributed by atoms with Crippen LogP contribution in [0.5, 0.6) is 0 Å². The number of benzene rings is 2. The van der Waals surface area contributed by atoms with E-state index in [0.29, 0.717) is 0 Å². The smallest absolute Gasteiger partial charge is 0.227 e. The van der Waals surface area contributed by atoms with Crippen molar-refractivity contribution < 1.29 is 4.79 Å². The molecule has 0 saturated carbocycles. The van der Waals surface area contributed by atoms with Crippen LogP contribution >= 0.6 is 12.2 Å². The van der Waals surface area contributed by atoms with Gasteiger partial charge >= 0.3 is 0 Å². The van der Waals surface area contributed by atoms with Crippen molar-refractivity contribution in [3.8, 4) is 0 Å². The third-order valence-corrected chi connectivity index (χ3v) is 5.58. The van der Waals surface area contributed by atoms with Crippen LogP contribution in [0.3, 0.4) is 0 Å². The summed E-state index contributed by atoms with van der Waals surface area (Å²) in [5.74, 6) is 0.143. The van der Waals surface area contributed by atoms with E-state index in [2.05, 4.69) is 46.7 Å². The first-order chi connectivity index (χ1) is 13.7. The number of nitrogens with one attached hydrogen (secondary N) is 2. The lowest BCUT2D eigenvalue weighted by Gasteiger charge is -2.33. The Balaban J connectivity index is 1.45. The third-order valence-electron chi connectivity index (χ3n) is 5.22. The second-order valence-electron chi connectivity index (χ2n) is 7.35. The van der Waals surface area contributed by atoms with Gasteiger partial charge in [-0.25, -0.2) is 0 Å². The second kappa shape index (κ2) is 10.2. The molecule has 4 nitrogen and oxygen atoms in total. The van der Waals surface area contributed by atoms with Gasteiger partial charge in [-0.3, -0.25) is 4.79 Å². The van der Waals surface area contributed by atoms with E-state index >= 15 is 0 Å². The number of carbonyl (C=O) groups is 1. The first-order valence-corrected chi connectivity index (χ1v) is 10.6. The number of carbonyl (C=O) groups excluding carboxylic acids is 1. The van der Waals surface area contributed by atoms with Crippen LogP contribution in [0.4, 0.5) is 11.4 Å². The van der Waals surface area contributed by atoms with E-state index in [1.165, 1.54) is 18.4 Å². The maximum atomic E-state index is 12.5. The molecule has 0 unspecified atom stereocenters. The van der Waals surface area contributed by atoms with Crippen LogP contribution in [0.2, 0.25) is 0 Å². The first kappa shape index (κ1) is 20.3. The van der Waals surface area contributed by atoms with Crippen molar-refractivity contribution in [3.05, 3.63) is 60.2 Å². The molecule has 0 aromatic heterocycles. The first-order valence-electron chi connectivity index (χ1n) is 10.2. The summed E-state index contributed by atoms with van der Waals surface area (Å²) in [4.78, 5) is 14.6. The highest BCUT2D eigenvalue weighted by atomic mass is 32.1. The summed E-state index contributed by atoms with van der Waals surface area (Å²) in [5.41, 5.74) is 3.24. The lowest BCUT2D eigenvalue weighted by molar-refractivity contribution is -0.120. The van der Waals surface area contributed by atoms with Gasteiger partial charge < -0.3 is 15.5 Å². The number of anilines is 2. The number of likely N-dealkylation sites (tertiary alicyclic amines) is 1. The summed E-state index contributed by atoms with van der Waals surface area (Å²) in [6.07, 6.45) is 5.19. The number of aryl methyl sites for hydroxylation is 1. The highest BCUT2D eigenvalue weighted by Crippen LogP contribution is 2.21. The summed E-state index contributed by atoms with van der Waals surface area (Å²) in [6, 6.07) is 18.2. The van der Waals surface area contributed by atoms with Gasteiger partial charge in [-0.15, -0.1) is 0 Å². The number of hydrogen-bond donors (Lipinski definition) is 2. The number of hydrogen-bond acceptors (Lipinski definition) is 2. The lowest BCUT2D eigenvalue weighted by atomic mass is 9.96. The average Bonchev–Trinajstić information content (AvgIpc) is 2.74. The number of para-hydroxylation sites is 1. The minimum Gasteiger partial charge on any atom is -0.349 e. The van der Waals surface area contributed by atoms with E-state index in [1.54, 1.807) is 0 Å². The Labute approximate surface area is 173 Å². The zero-order valence-electron chi connectivity index (χ0n) is 16.5. The van der Waals surface area contributed by atoms with Crippen molar-refractivity contribution in [2.75, 3.05) is 23.7 Å². The molecule has 1 aliphatic rings. The summed E-state index contributed by atoms with van der Waals surface area (Å²) in [7, 11) is 0. The molecule has 5 heteroatoms. The Morgan fingerprint density at radius 2 is 1.64 bits per heavy atom. The van der Waals surface area contributed by atoms with Gasteiger partial charge in [0.2, 0.25) is 5.91 Å². The summed E-state index contributed by atoms with van der Waals surface area (Å²) in [5, 5.41) is 7.08. The molecule has 0 spiro atoms. The van der Waals surface area contributed by atoms with E-state index in [4.69, 9.17) is 12.2 Å². The van der Waals surface area contributed by atoms with Crippen molar-refractivity contribution >= 4 is 34.6 Å². The van der Waals surface area contributed by atoms with Crippen LogP contribution in [0, 0.1) is 5.92 Å². The van der Waals surface area contributed by atoms with Crippen molar-refractivity contribution in [1.29, 1.82) is 0 Å². The zero-order chi connectivity index (χ0) is 19.8. The van der Waals surface area contributed by atoms with E-state index < -0.39 is 0 Å². The van der Waals surface area contributed by atoms with Gasteiger partial charge in [0.1, 0.15) is 0 Å². The molecule has 1 amide bonds. The van der Waals surface area contributed by atoms with Crippen LogP contribution in [-0.2, 0) is 11.2 Å². The SMILES string of the molecule is CCCCc1ccc(NC(=S)N2CCC(C(=O)Nc3ccccc3)CC2)cc1. The van der Waals surface area contributed by atoms with Crippen LogP contribution < -0.4 is 10.6 Å². The molecule has 0 atom stereocenters. The van der Waals surface area contributed by atoms with Crippen LogP contribution in [0.15, 0.2) is 54.6 Å². The molecule has 2 aromatic rings. The molecular formula is C23H29N3OS. The zero-order valence-corrected chi connectivity index (χ0v) is 17.3. The fraction of sp³-hybridized carbons (Fsp3) is 0.391.